The van der Waals surface area contributed by atoms with Crippen molar-refractivity contribution in [2.24, 2.45) is 0 Å². The third-order valence-electron chi connectivity index (χ3n) is 5.88. The minimum Gasteiger partial charge on any atom is -0.496 e. The minimum absolute atomic E-state index is 0.125. The third-order valence-corrected chi connectivity index (χ3v) is 5.88. The van der Waals surface area contributed by atoms with Crippen molar-refractivity contribution in [2.45, 2.75) is 13.5 Å². The summed E-state index contributed by atoms with van der Waals surface area (Å²) < 4.78 is 7.27. The van der Waals surface area contributed by atoms with Gasteiger partial charge in [-0.3, -0.25) is 9.59 Å². The van der Waals surface area contributed by atoms with Gasteiger partial charge in [0.2, 0.25) is 6.41 Å². The first-order valence-corrected chi connectivity index (χ1v) is 10.4. The third kappa shape index (κ3) is 3.93. The van der Waals surface area contributed by atoms with E-state index in [4.69, 9.17) is 4.74 Å². The second kappa shape index (κ2) is 8.68. The number of benzene rings is 2. The van der Waals surface area contributed by atoms with Crippen LogP contribution in [0.3, 0.4) is 0 Å². The first-order valence-electron chi connectivity index (χ1n) is 10.4. The van der Waals surface area contributed by atoms with Crippen LogP contribution < -0.4 is 10.5 Å². The van der Waals surface area contributed by atoms with Gasteiger partial charge in [0, 0.05) is 31.6 Å². The lowest BCUT2D eigenvalue weighted by Crippen LogP contribution is -2.46. The van der Waals surface area contributed by atoms with Crippen LogP contribution in [0.25, 0.3) is 16.7 Å². The molecule has 160 valence electrons. The molecule has 0 atom stereocenters. The molecule has 0 unspecified atom stereocenters. The van der Waals surface area contributed by atoms with Crippen LogP contribution in [-0.4, -0.2) is 49.2 Å². The van der Waals surface area contributed by atoms with Crippen molar-refractivity contribution in [2.75, 3.05) is 38.2 Å². The number of anilines is 1. The van der Waals surface area contributed by atoms with Crippen LogP contribution in [0.4, 0.5) is 5.69 Å². The fraction of sp³-hybridized carbons (Fsp3) is 0.280. The summed E-state index contributed by atoms with van der Waals surface area (Å²) in [5, 5.41) is 0.989. The molecule has 1 aromatic heterocycles. The Balaban J connectivity index is 1.97. The molecule has 3 aromatic rings. The van der Waals surface area contributed by atoms with Crippen molar-refractivity contribution in [1.82, 2.24) is 9.47 Å². The van der Waals surface area contributed by atoms with E-state index in [1.54, 1.807) is 9.47 Å². The number of methoxy groups -OCH3 is 1. The number of fused-ring (bicyclic) bond motifs is 1. The van der Waals surface area contributed by atoms with Gasteiger partial charge in [0.05, 0.1) is 24.9 Å². The number of carbonyl (C=O) groups is 1. The monoisotopic (exact) mass is 417 g/mol. The van der Waals surface area contributed by atoms with E-state index in [1.807, 2.05) is 49.4 Å². The first kappa shape index (κ1) is 20.7. The van der Waals surface area contributed by atoms with Crippen LogP contribution in [0.5, 0.6) is 0 Å². The molecule has 1 aliphatic rings. The van der Waals surface area contributed by atoms with Crippen molar-refractivity contribution >= 4 is 28.8 Å². The van der Waals surface area contributed by atoms with E-state index in [1.165, 1.54) is 7.11 Å². The van der Waals surface area contributed by atoms with Gasteiger partial charge in [-0.2, -0.15) is 0 Å². The topological polar surface area (TPSA) is 54.8 Å². The predicted molar refractivity (Wildman–Crippen MR) is 124 cm³/mol. The standard InChI is InChI=1S/C25H27N3O3/c1-18-9-10-22-21(15-18)24(27-13-11-26(17-29)12-14-27)23(19(2)31-3)25(30)28(22)16-20-7-5-4-6-8-20/h4-10,15,17H,2,11-14,16H2,1,3H3. The van der Waals surface area contributed by atoms with Gasteiger partial charge >= 0.3 is 0 Å². The van der Waals surface area contributed by atoms with Crippen molar-refractivity contribution in [3.63, 3.8) is 0 Å². The molecule has 0 aliphatic carbocycles. The first-order chi connectivity index (χ1) is 15.0. The summed E-state index contributed by atoms with van der Waals surface area (Å²) >= 11 is 0. The van der Waals surface area contributed by atoms with E-state index in [9.17, 15) is 9.59 Å². The number of amides is 1. The number of nitrogens with zero attached hydrogens (tertiary/aromatic N) is 3. The smallest absolute Gasteiger partial charge is 0.264 e. The van der Waals surface area contributed by atoms with E-state index in [0.717, 1.165) is 34.1 Å². The highest BCUT2D eigenvalue weighted by Gasteiger charge is 2.26. The molecule has 1 fully saturated rings. The van der Waals surface area contributed by atoms with Crippen LogP contribution in [-0.2, 0) is 16.1 Å². The van der Waals surface area contributed by atoms with Crippen molar-refractivity contribution in [3.8, 4) is 0 Å². The summed E-state index contributed by atoms with van der Waals surface area (Å²) in [6.07, 6.45) is 0.881. The lowest BCUT2D eigenvalue weighted by atomic mass is 10.0. The van der Waals surface area contributed by atoms with Crippen LogP contribution in [0.1, 0.15) is 16.7 Å². The maximum absolute atomic E-state index is 13.8. The molecular formula is C25H27N3O3. The Kier molecular flexibility index (Phi) is 5.80. The molecule has 0 radical (unpaired) electrons. The molecule has 1 saturated heterocycles. The number of pyridine rings is 1. The van der Waals surface area contributed by atoms with Crippen molar-refractivity contribution in [3.05, 3.63) is 82.2 Å². The summed E-state index contributed by atoms with van der Waals surface area (Å²) in [5.41, 5.74) is 4.23. The summed E-state index contributed by atoms with van der Waals surface area (Å²) in [6, 6.07) is 16.1. The van der Waals surface area contributed by atoms with Gasteiger partial charge in [0.15, 0.2) is 0 Å². The van der Waals surface area contributed by atoms with Crippen LogP contribution in [0, 0.1) is 6.92 Å². The van der Waals surface area contributed by atoms with E-state index in [2.05, 4.69) is 17.5 Å². The summed E-state index contributed by atoms with van der Waals surface area (Å²) in [5.74, 6) is 0.350. The molecule has 0 N–H and O–H groups in total. The Labute approximate surface area is 182 Å². The molecule has 2 heterocycles. The fourth-order valence-electron chi connectivity index (χ4n) is 4.21. The molecule has 1 aliphatic heterocycles. The number of piperazine rings is 1. The van der Waals surface area contributed by atoms with Gasteiger partial charge in [0.1, 0.15) is 11.3 Å². The normalized spacial score (nSPS) is 14.0. The van der Waals surface area contributed by atoms with Crippen LogP contribution in [0.15, 0.2) is 59.9 Å². The fourth-order valence-corrected chi connectivity index (χ4v) is 4.21. The summed E-state index contributed by atoms with van der Waals surface area (Å²) in [7, 11) is 1.54. The Bertz CT molecular complexity index is 1180. The molecule has 2 aromatic carbocycles. The maximum atomic E-state index is 13.8. The zero-order valence-corrected chi connectivity index (χ0v) is 18.0. The van der Waals surface area contributed by atoms with Crippen molar-refractivity contribution < 1.29 is 9.53 Å². The molecule has 0 saturated carbocycles. The second-order valence-electron chi connectivity index (χ2n) is 7.88. The Morgan fingerprint density at radius 3 is 2.45 bits per heavy atom. The second-order valence-corrected chi connectivity index (χ2v) is 7.88. The molecule has 0 bridgehead atoms. The Morgan fingerprint density at radius 2 is 1.81 bits per heavy atom. The number of ether oxygens (including phenoxy) is 1. The molecule has 0 spiro atoms. The van der Waals surface area contributed by atoms with E-state index < -0.39 is 0 Å². The molecule has 4 rings (SSSR count). The van der Waals surface area contributed by atoms with Gasteiger partial charge in [-0.25, -0.2) is 0 Å². The zero-order chi connectivity index (χ0) is 22.0. The van der Waals surface area contributed by atoms with Crippen LogP contribution >= 0.6 is 0 Å². The maximum Gasteiger partial charge on any atom is 0.264 e. The van der Waals surface area contributed by atoms with Gasteiger partial charge < -0.3 is 19.1 Å². The van der Waals surface area contributed by atoms with Gasteiger partial charge in [0.25, 0.3) is 5.56 Å². The summed E-state index contributed by atoms with van der Waals surface area (Å²) in [4.78, 5) is 28.9. The highest BCUT2D eigenvalue weighted by Crippen LogP contribution is 2.34. The van der Waals surface area contributed by atoms with Crippen LogP contribution in [0.2, 0.25) is 0 Å². The highest BCUT2D eigenvalue weighted by atomic mass is 16.5. The number of aryl methyl sites for hydroxylation is 1. The molecule has 6 nitrogen and oxygen atoms in total. The average Bonchev–Trinajstić information content (AvgIpc) is 2.80. The van der Waals surface area contributed by atoms with E-state index in [0.29, 0.717) is 44.0 Å². The molecule has 6 heteroatoms. The van der Waals surface area contributed by atoms with Gasteiger partial charge in [-0.15, -0.1) is 0 Å². The zero-order valence-electron chi connectivity index (χ0n) is 18.0. The predicted octanol–water partition coefficient (Wildman–Crippen LogP) is 3.25. The lowest BCUT2D eigenvalue weighted by Gasteiger charge is -2.36. The quantitative estimate of drug-likeness (QED) is 0.456. The largest absolute Gasteiger partial charge is 0.496 e. The number of hydrogen-bond acceptors (Lipinski definition) is 4. The number of carbonyl (C=O) groups excluding carboxylic acids is 1. The SMILES string of the molecule is C=C(OC)c1c(N2CCN(C=O)CC2)c2cc(C)ccc2n(Cc2ccccc2)c1=O. The lowest BCUT2D eigenvalue weighted by molar-refractivity contribution is -0.118. The van der Waals surface area contributed by atoms with Crippen molar-refractivity contribution in [1.29, 1.82) is 0 Å². The molecule has 1 amide bonds. The Hall–Kier alpha value is -3.54. The highest BCUT2D eigenvalue weighted by molar-refractivity contribution is 5.98. The minimum atomic E-state index is -0.125. The van der Waals surface area contributed by atoms with Gasteiger partial charge in [-0.1, -0.05) is 48.5 Å². The number of rotatable bonds is 6. The van der Waals surface area contributed by atoms with Gasteiger partial charge in [-0.05, 0) is 24.6 Å². The number of aromatic nitrogens is 1. The number of hydrogen-bond donors (Lipinski definition) is 0. The van der Waals surface area contributed by atoms with E-state index in [-0.39, 0.29) is 5.56 Å². The molecular weight excluding hydrogens is 390 g/mol. The average molecular weight is 418 g/mol. The summed E-state index contributed by atoms with van der Waals surface area (Å²) in [6.45, 7) is 9.07. The van der Waals surface area contributed by atoms with E-state index >= 15 is 0 Å². The molecule has 31 heavy (non-hydrogen) atoms. The Morgan fingerprint density at radius 1 is 1.10 bits per heavy atom.